The van der Waals surface area contributed by atoms with Crippen LogP contribution in [0, 0.1) is 23.6 Å². The molecule has 1 nitrogen and oxygen atoms in total. The average Bonchev–Trinajstić information content (AvgIpc) is 2.79. The van der Waals surface area contributed by atoms with E-state index in [0.29, 0.717) is 24.0 Å². The summed E-state index contributed by atoms with van der Waals surface area (Å²) >= 11 is 0. The zero-order valence-corrected chi connectivity index (χ0v) is 18.0. The van der Waals surface area contributed by atoms with Gasteiger partial charge in [0.25, 0.3) is 0 Å². The maximum atomic E-state index is 15.0. The van der Waals surface area contributed by atoms with Gasteiger partial charge in [-0.1, -0.05) is 42.5 Å². The zero-order valence-electron chi connectivity index (χ0n) is 18.0. The molecule has 2 heteroatoms. The van der Waals surface area contributed by atoms with Gasteiger partial charge in [0.15, 0.2) is 0 Å². The molecular weight excluding hydrogens is 371 g/mol. The van der Waals surface area contributed by atoms with E-state index in [1.165, 1.54) is 44.1 Å². The summed E-state index contributed by atoms with van der Waals surface area (Å²) in [7, 11) is 0. The SMILES string of the molecule is C=CC1CCC2CC(c3ccc(-c4ccc(OC/C=C/C)cc4)c(F)c3)CCC2C1. The predicted octanol–water partition coefficient (Wildman–Crippen LogP) is 7.93. The highest BCUT2D eigenvalue weighted by atomic mass is 19.1. The molecule has 2 aromatic carbocycles. The quantitative estimate of drug-likeness (QED) is 0.444. The third-order valence-electron chi connectivity index (χ3n) is 7.20. The molecule has 0 spiro atoms. The van der Waals surface area contributed by atoms with Crippen LogP contribution in [0.5, 0.6) is 5.75 Å². The number of ether oxygens (including phenoxy) is 1. The van der Waals surface area contributed by atoms with Crippen LogP contribution in [-0.2, 0) is 0 Å². The summed E-state index contributed by atoms with van der Waals surface area (Å²) in [6.45, 7) is 6.52. The van der Waals surface area contributed by atoms with Crippen LogP contribution in [0.1, 0.15) is 56.9 Å². The lowest BCUT2D eigenvalue weighted by molar-refractivity contribution is 0.133. The zero-order chi connectivity index (χ0) is 20.9. The van der Waals surface area contributed by atoms with Crippen molar-refractivity contribution in [3.63, 3.8) is 0 Å². The van der Waals surface area contributed by atoms with E-state index in [1.54, 1.807) is 6.07 Å². The molecule has 4 rings (SSSR count). The van der Waals surface area contributed by atoms with Gasteiger partial charge in [-0.15, -0.1) is 6.58 Å². The third-order valence-corrected chi connectivity index (χ3v) is 7.20. The summed E-state index contributed by atoms with van der Waals surface area (Å²) in [4.78, 5) is 0. The molecular formula is C28H33FO. The lowest BCUT2D eigenvalue weighted by Crippen LogP contribution is -2.29. The number of benzene rings is 2. The summed E-state index contributed by atoms with van der Waals surface area (Å²) in [5.74, 6) is 3.54. The number of fused-ring (bicyclic) bond motifs is 1. The first-order valence-corrected chi connectivity index (χ1v) is 11.4. The fourth-order valence-electron chi connectivity index (χ4n) is 5.43. The van der Waals surface area contributed by atoms with Crippen LogP contribution in [0.15, 0.2) is 67.3 Å². The number of hydrogen-bond donors (Lipinski definition) is 0. The molecule has 4 atom stereocenters. The second-order valence-electron chi connectivity index (χ2n) is 8.98. The summed E-state index contributed by atoms with van der Waals surface area (Å²) in [5.41, 5.74) is 2.73. The highest BCUT2D eigenvalue weighted by Crippen LogP contribution is 2.48. The van der Waals surface area contributed by atoms with Crippen molar-refractivity contribution in [1.82, 2.24) is 0 Å². The van der Waals surface area contributed by atoms with Gasteiger partial charge in [0.1, 0.15) is 18.2 Å². The summed E-state index contributed by atoms with van der Waals surface area (Å²) in [5, 5.41) is 0. The van der Waals surface area contributed by atoms with Gasteiger partial charge in [-0.05, 0) is 98.4 Å². The average molecular weight is 405 g/mol. The molecule has 4 unspecified atom stereocenters. The number of hydrogen-bond acceptors (Lipinski definition) is 1. The second-order valence-corrected chi connectivity index (χ2v) is 8.98. The van der Waals surface area contributed by atoms with Gasteiger partial charge >= 0.3 is 0 Å². The topological polar surface area (TPSA) is 9.23 Å². The smallest absolute Gasteiger partial charge is 0.131 e. The van der Waals surface area contributed by atoms with Crippen molar-refractivity contribution in [2.45, 2.75) is 51.4 Å². The highest BCUT2D eigenvalue weighted by Gasteiger charge is 2.35. The molecule has 2 saturated carbocycles. The molecule has 0 bridgehead atoms. The van der Waals surface area contributed by atoms with Crippen molar-refractivity contribution in [3.05, 3.63) is 78.7 Å². The summed E-state index contributed by atoms with van der Waals surface area (Å²) in [6, 6.07) is 13.6. The minimum atomic E-state index is -0.118. The van der Waals surface area contributed by atoms with Crippen LogP contribution in [0.4, 0.5) is 4.39 Å². The van der Waals surface area contributed by atoms with Gasteiger partial charge in [0, 0.05) is 5.56 Å². The molecule has 2 aliphatic rings. The Hall–Kier alpha value is -2.35. The first-order valence-electron chi connectivity index (χ1n) is 11.4. The molecule has 158 valence electrons. The molecule has 0 heterocycles. The molecule has 0 aliphatic heterocycles. The van der Waals surface area contributed by atoms with Gasteiger partial charge in [-0.2, -0.15) is 0 Å². The van der Waals surface area contributed by atoms with E-state index >= 15 is 4.39 Å². The number of allylic oxidation sites excluding steroid dienone is 2. The van der Waals surface area contributed by atoms with E-state index in [4.69, 9.17) is 4.74 Å². The fraction of sp³-hybridized carbons (Fsp3) is 0.429. The molecule has 0 N–H and O–H groups in total. The molecule has 0 aromatic heterocycles. The van der Waals surface area contributed by atoms with Crippen molar-refractivity contribution in [2.24, 2.45) is 17.8 Å². The Morgan fingerprint density at radius 1 is 1.00 bits per heavy atom. The Bertz CT molecular complexity index is 882. The number of halogens is 1. The maximum absolute atomic E-state index is 15.0. The van der Waals surface area contributed by atoms with Gasteiger partial charge in [-0.25, -0.2) is 4.39 Å². The first-order chi connectivity index (χ1) is 14.7. The van der Waals surface area contributed by atoms with Gasteiger partial charge in [0.05, 0.1) is 0 Å². The molecule has 0 amide bonds. The van der Waals surface area contributed by atoms with Crippen LogP contribution in [0.2, 0.25) is 0 Å². The standard InChI is InChI=1S/C28H33FO/c1-3-5-16-30-26-13-10-21(11-14-26)27-15-12-25(19-28(27)29)24-9-8-22-17-20(4-2)6-7-23(22)18-24/h3-5,10-15,19-20,22-24H,2,6-9,16-18H2,1H3/b5-3+. The maximum Gasteiger partial charge on any atom is 0.131 e. The molecule has 0 saturated heterocycles. The summed E-state index contributed by atoms with van der Waals surface area (Å²) < 4.78 is 20.7. The van der Waals surface area contributed by atoms with E-state index in [9.17, 15) is 0 Å². The van der Waals surface area contributed by atoms with Crippen LogP contribution < -0.4 is 4.74 Å². The Morgan fingerprint density at radius 2 is 1.77 bits per heavy atom. The second kappa shape index (κ2) is 9.64. The fourth-order valence-corrected chi connectivity index (χ4v) is 5.43. The van der Waals surface area contributed by atoms with Crippen LogP contribution in [0.25, 0.3) is 11.1 Å². The molecule has 2 aromatic rings. The normalized spacial score (nSPS) is 26.3. The molecule has 2 fully saturated rings. The predicted molar refractivity (Wildman–Crippen MR) is 123 cm³/mol. The summed E-state index contributed by atoms with van der Waals surface area (Å²) in [6.07, 6.45) is 13.6. The Morgan fingerprint density at radius 3 is 2.50 bits per heavy atom. The van der Waals surface area contributed by atoms with Crippen molar-refractivity contribution in [2.75, 3.05) is 6.61 Å². The van der Waals surface area contributed by atoms with Crippen LogP contribution in [-0.4, -0.2) is 6.61 Å². The van der Waals surface area contributed by atoms with Crippen molar-refractivity contribution >= 4 is 0 Å². The van der Waals surface area contributed by atoms with E-state index in [-0.39, 0.29) is 5.82 Å². The van der Waals surface area contributed by atoms with E-state index in [1.807, 2.05) is 49.4 Å². The minimum absolute atomic E-state index is 0.118. The van der Waals surface area contributed by atoms with E-state index in [0.717, 1.165) is 23.1 Å². The van der Waals surface area contributed by atoms with Gasteiger partial charge < -0.3 is 4.74 Å². The van der Waals surface area contributed by atoms with Gasteiger partial charge in [0.2, 0.25) is 0 Å². The largest absolute Gasteiger partial charge is 0.490 e. The molecule has 30 heavy (non-hydrogen) atoms. The van der Waals surface area contributed by atoms with Crippen LogP contribution >= 0.6 is 0 Å². The molecule has 0 radical (unpaired) electrons. The monoisotopic (exact) mass is 404 g/mol. The van der Waals surface area contributed by atoms with Crippen LogP contribution in [0.3, 0.4) is 0 Å². The molecule has 2 aliphatic carbocycles. The van der Waals surface area contributed by atoms with Crippen molar-refractivity contribution in [1.29, 1.82) is 0 Å². The third kappa shape index (κ3) is 4.69. The first kappa shape index (κ1) is 20.9. The Kier molecular flexibility index (Phi) is 6.72. The Balaban J connectivity index is 1.43. The van der Waals surface area contributed by atoms with E-state index in [2.05, 4.69) is 18.7 Å². The van der Waals surface area contributed by atoms with Crippen molar-refractivity contribution < 1.29 is 9.13 Å². The minimum Gasteiger partial charge on any atom is -0.490 e. The lowest BCUT2D eigenvalue weighted by atomic mass is 9.64. The number of rotatable bonds is 6. The Labute approximate surface area is 180 Å². The van der Waals surface area contributed by atoms with Gasteiger partial charge in [-0.3, -0.25) is 0 Å². The lowest BCUT2D eigenvalue weighted by Gasteiger charge is -2.41. The highest BCUT2D eigenvalue weighted by molar-refractivity contribution is 5.65. The van der Waals surface area contributed by atoms with Crippen molar-refractivity contribution in [3.8, 4) is 16.9 Å². The van der Waals surface area contributed by atoms with E-state index < -0.39 is 0 Å².